The van der Waals surface area contributed by atoms with E-state index >= 15 is 0 Å². The Hall–Kier alpha value is -0.870. The van der Waals surface area contributed by atoms with Gasteiger partial charge < -0.3 is 15.3 Å². The quantitative estimate of drug-likeness (QED) is 0.670. The Morgan fingerprint density at radius 1 is 1.56 bits per heavy atom. The van der Waals surface area contributed by atoms with Gasteiger partial charge in [0.25, 0.3) is 0 Å². The molecule has 4 heteroatoms. The zero-order valence-corrected chi connectivity index (χ0v) is 11.4. The maximum atomic E-state index is 10.8. The van der Waals surface area contributed by atoms with Crippen LogP contribution in [0.25, 0.3) is 0 Å². The molecule has 0 saturated carbocycles. The molecule has 0 aromatic carbocycles. The minimum atomic E-state index is -0.241. The van der Waals surface area contributed by atoms with Crippen molar-refractivity contribution in [2.45, 2.75) is 38.7 Å². The van der Waals surface area contributed by atoms with E-state index in [1.807, 2.05) is 6.08 Å². The van der Waals surface area contributed by atoms with E-state index in [-0.39, 0.29) is 12.0 Å². The summed E-state index contributed by atoms with van der Waals surface area (Å²) in [7, 11) is 0. The molecule has 1 saturated heterocycles. The minimum Gasteiger partial charge on any atom is -0.392 e. The molecule has 104 valence electrons. The smallest absolute Gasteiger partial charge is 0.216 e. The molecule has 1 atom stereocenters. The molecule has 2 N–H and O–H groups in total. The number of hydrogen-bond acceptors (Lipinski definition) is 3. The zero-order valence-electron chi connectivity index (χ0n) is 11.4. The molecule has 0 aromatic heterocycles. The standard InChI is InChI=1S/C14H26N2O2/c1-3-4-5-14(18)11-16-8-6-13(7-9-16)10-15-12(2)17/h3,13-14,18H,1,4-11H2,2H3,(H,15,17)/t14-/m0/s1. The Balaban J connectivity index is 2.14. The molecule has 0 spiro atoms. The first-order chi connectivity index (χ1) is 8.61. The molecule has 0 aromatic rings. The number of likely N-dealkylation sites (tertiary alicyclic amines) is 1. The number of rotatable bonds is 7. The van der Waals surface area contributed by atoms with Crippen molar-refractivity contribution in [3.8, 4) is 0 Å². The molecule has 18 heavy (non-hydrogen) atoms. The third-order valence-electron chi connectivity index (χ3n) is 3.52. The van der Waals surface area contributed by atoms with Crippen LogP contribution in [0.2, 0.25) is 0 Å². The Morgan fingerprint density at radius 3 is 2.78 bits per heavy atom. The average Bonchev–Trinajstić information content (AvgIpc) is 2.35. The van der Waals surface area contributed by atoms with Crippen molar-refractivity contribution >= 4 is 5.91 Å². The molecule has 1 fully saturated rings. The van der Waals surface area contributed by atoms with Crippen LogP contribution in [0.1, 0.15) is 32.6 Å². The van der Waals surface area contributed by atoms with E-state index < -0.39 is 0 Å². The molecule has 0 radical (unpaired) electrons. The number of hydrogen-bond donors (Lipinski definition) is 2. The van der Waals surface area contributed by atoms with Crippen LogP contribution in [0.5, 0.6) is 0 Å². The van der Waals surface area contributed by atoms with E-state index in [0.717, 1.165) is 51.9 Å². The van der Waals surface area contributed by atoms with Gasteiger partial charge in [-0.05, 0) is 44.7 Å². The van der Waals surface area contributed by atoms with Gasteiger partial charge in [-0.15, -0.1) is 6.58 Å². The number of nitrogens with one attached hydrogen (secondary N) is 1. The number of aliphatic hydroxyl groups excluding tert-OH is 1. The van der Waals surface area contributed by atoms with E-state index in [4.69, 9.17) is 0 Å². The van der Waals surface area contributed by atoms with Crippen LogP contribution in [-0.2, 0) is 4.79 Å². The number of aliphatic hydroxyl groups is 1. The first-order valence-corrected chi connectivity index (χ1v) is 6.87. The maximum absolute atomic E-state index is 10.8. The zero-order chi connectivity index (χ0) is 13.4. The molecule has 1 amide bonds. The summed E-state index contributed by atoms with van der Waals surface area (Å²) in [5.74, 6) is 0.646. The van der Waals surface area contributed by atoms with Gasteiger partial charge in [0, 0.05) is 20.0 Å². The second kappa shape index (κ2) is 8.27. The summed E-state index contributed by atoms with van der Waals surface area (Å²) in [5, 5.41) is 12.7. The fraction of sp³-hybridized carbons (Fsp3) is 0.786. The third-order valence-corrected chi connectivity index (χ3v) is 3.52. The van der Waals surface area contributed by atoms with E-state index in [9.17, 15) is 9.90 Å². The maximum Gasteiger partial charge on any atom is 0.216 e. The minimum absolute atomic E-state index is 0.0530. The van der Waals surface area contributed by atoms with Crippen molar-refractivity contribution < 1.29 is 9.90 Å². The number of allylic oxidation sites excluding steroid dienone is 1. The molecule has 1 rings (SSSR count). The number of nitrogens with zero attached hydrogens (tertiary/aromatic N) is 1. The summed E-state index contributed by atoms with van der Waals surface area (Å²) in [4.78, 5) is 13.2. The Morgan fingerprint density at radius 2 is 2.22 bits per heavy atom. The first-order valence-electron chi connectivity index (χ1n) is 6.87. The summed E-state index contributed by atoms with van der Waals surface area (Å²) in [6.07, 6.45) is 5.50. The number of carbonyl (C=O) groups excluding carboxylic acids is 1. The number of amides is 1. The highest BCUT2D eigenvalue weighted by molar-refractivity contribution is 5.72. The second-order valence-corrected chi connectivity index (χ2v) is 5.20. The van der Waals surface area contributed by atoms with Crippen molar-refractivity contribution in [2.24, 2.45) is 5.92 Å². The van der Waals surface area contributed by atoms with Crippen LogP contribution in [-0.4, -0.2) is 48.2 Å². The third kappa shape index (κ3) is 6.17. The molecule has 1 heterocycles. The van der Waals surface area contributed by atoms with Crippen LogP contribution in [0.3, 0.4) is 0 Å². The lowest BCUT2D eigenvalue weighted by molar-refractivity contribution is -0.119. The number of carbonyl (C=O) groups is 1. The van der Waals surface area contributed by atoms with Gasteiger partial charge >= 0.3 is 0 Å². The number of β-amino-alcohol motifs (C(OH)–C–C–N with tert-alkyl or cyclic N) is 1. The van der Waals surface area contributed by atoms with Crippen LogP contribution < -0.4 is 5.32 Å². The van der Waals surface area contributed by atoms with Crippen molar-refractivity contribution in [3.05, 3.63) is 12.7 Å². The van der Waals surface area contributed by atoms with Gasteiger partial charge in [-0.1, -0.05) is 6.08 Å². The lowest BCUT2D eigenvalue weighted by Gasteiger charge is -2.33. The van der Waals surface area contributed by atoms with Crippen LogP contribution in [0, 0.1) is 5.92 Å². The lowest BCUT2D eigenvalue weighted by Crippen LogP contribution is -2.41. The van der Waals surface area contributed by atoms with Crippen molar-refractivity contribution in [1.82, 2.24) is 10.2 Å². The fourth-order valence-electron chi connectivity index (χ4n) is 2.36. The van der Waals surface area contributed by atoms with E-state index in [2.05, 4.69) is 16.8 Å². The highest BCUT2D eigenvalue weighted by Gasteiger charge is 2.20. The van der Waals surface area contributed by atoms with Crippen molar-refractivity contribution in [1.29, 1.82) is 0 Å². The van der Waals surface area contributed by atoms with Crippen molar-refractivity contribution in [2.75, 3.05) is 26.2 Å². The molecule has 0 unspecified atom stereocenters. The normalized spacial score (nSPS) is 19.4. The summed E-state index contributed by atoms with van der Waals surface area (Å²) in [6.45, 7) is 8.83. The molecular formula is C14H26N2O2. The van der Waals surface area contributed by atoms with Gasteiger partial charge in [-0.25, -0.2) is 0 Å². The molecule has 4 nitrogen and oxygen atoms in total. The summed E-state index contributed by atoms with van der Waals surface area (Å²) in [6, 6.07) is 0. The highest BCUT2D eigenvalue weighted by Crippen LogP contribution is 2.17. The lowest BCUT2D eigenvalue weighted by atomic mass is 9.96. The van der Waals surface area contributed by atoms with Crippen molar-refractivity contribution in [3.63, 3.8) is 0 Å². The molecule has 0 aliphatic carbocycles. The predicted octanol–water partition coefficient (Wildman–Crippen LogP) is 1.16. The SMILES string of the molecule is C=CCC[C@H](O)CN1CCC(CNC(C)=O)CC1. The van der Waals surface area contributed by atoms with Crippen LogP contribution >= 0.6 is 0 Å². The Kier molecular flexibility index (Phi) is 6.98. The molecule has 1 aliphatic rings. The Bertz CT molecular complexity index is 261. The largest absolute Gasteiger partial charge is 0.392 e. The summed E-state index contributed by atoms with van der Waals surface area (Å²) < 4.78 is 0. The molecule has 0 bridgehead atoms. The van der Waals surface area contributed by atoms with Gasteiger partial charge in [0.1, 0.15) is 0 Å². The predicted molar refractivity (Wildman–Crippen MR) is 73.3 cm³/mol. The fourth-order valence-corrected chi connectivity index (χ4v) is 2.36. The van der Waals surface area contributed by atoms with Crippen LogP contribution in [0.4, 0.5) is 0 Å². The van der Waals surface area contributed by atoms with Gasteiger partial charge in [0.15, 0.2) is 0 Å². The van der Waals surface area contributed by atoms with E-state index in [1.165, 1.54) is 0 Å². The van der Waals surface area contributed by atoms with Gasteiger partial charge in [0.05, 0.1) is 6.10 Å². The highest BCUT2D eigenvalue weighted by atomic mass is 16.3. The molecule has 1 aliphatic heterocycles. The van der Waals surface area contributed by atoms with Crippen LogP contribution in [0.15, 0.2) is 12.7 Å². The van der Waals surface area contributed by atoms with E-state index in [0.29, 0.717) is 5.92 Å². The monoisotopic (exact) mass is 254 g/mol. The molecular weight excluding hydrogens is 228 g/mol. The topological polar surface area (TPSA) is 52.6 Å². The van der Waals surface area contributed by atoms with Gasteiger partial charge in [-0.3, -0.25) is 4.79 Å². The summed E-state index contributed by atoms with van der Waals surface area (Å²) >= 11 is 0. The van der Waals surface area contributed by atoms with E-state index in [1.54, 1.807) is 6.92 Å². The van der Waals surface area contributed by atoms with Gasteiger partial charge in [-0.2, -0.15) is 0 Å². The summed E-state index contributed by atoms with van der Waals surface area (Å²) in [5.41, 5.74) is 0. The average molecular weight is 254 g/mol. The first kappa shape index (κ1) is 15.2. The number of piperidine rings is 1. The second-order valence-electron chi connectivity index (χ2n) is 5.20. The van der Waals surface area contributed by atoms with Gasteiger partial charge in [0.2, 0.25) is 5.91 Å². The Labute approximate surface area is 110 Å².